The zero-order valence-corrected chi connectivity index (χ0v) is 11.8. The molecular weight excluding hydrogens is 234 g/mol. The maximum absolute atomic E-state index is 5.88. The van der Waals surface area contributed by atoms with Gasteiger partial charge in [-0.2, -0.15) is 0 Å². The Morgan fingerprint density at radius 3 is 2.74 bits per heavy atom. The van der Waals surface area contributed by atoms with Gasteiger partial charge in [0, 0.05) is 19.2 Å². The summed E-state index contributed by atoms with van der Waals surface area (Å²) in [4.78, 5) is 0. The fraction of sp³-hybridized carbons (Fsp3) is 0.647. The van der Waals surface area contributed by atoms with Crippen LogP contribution in [-0.4, -0.2) is 25.3 Å². The van der Waals surface area contributed by atoms with Gasteiger partial charge in [0.15, 0.2) is 0 Å². The number of rotatable bonds is 5. The fourth-order valence-electron chi connectivity index (χ4n) is 3.05. The lowest BCUT2D eigenvalue weighted by Gasteiger charge is -2.31. The van der Waals surface area contributed by atoms with E-state index in [1.165, 1.54) is 31.2 Å². The lowest BCUT2D eigenvalue weighted by Crippen LogP contribution is -2.41. The number of ether oxygens (including phenoxy) is 1. The van der Waals surface area contributed by atoms with Gasteiger partial charge in [-0.1, -0.05) is 37.3 Å². The molecule has 2 aliphatic rings. The molecule has 1 aromatic rings. The lowest BCUT2D eigenvalue weighted by molar-refractivity contribution is -0.0111. The fourth-order valence-corrected chi connectivity index (χ4v) is 3.05. The monoisotopic (exact) mass is 259 g/mol. The lowest BCUT2D eigenvalue weighted by atomic mass is 9.97. The van der Waals surface area contributed by atoms with Crippen LogP contribution in [0.25, 0.3) is 0 Å². The van der Waals surface area contributed by atoms with Gasteiger partial charge in [0.25, 0.3) is 0 Å². The molecule has 0 aromatic heterocycles. The van der Waals surface area contributed by atoms with E-state index in [1.54, 1.807) is 0 Å². The molecule has 3 atom stereocenters. The average molecular weight is 259 g/mol. The summed E-state index contributed by atoms with van der Waals surface area (Å²) in [5, 5.41) is 3.75. The van der Waals surface area contributed by atoms with E-state index in [2.05, 4.69) is 42.6 Å². The van der Waals surface area contributed by atoms with Crippen LogP contribution in [0.15, 0.2) is 30.3 Å². The van der Waals surface area contributed by atoms with Crippen molar-refractivity contribution in [2.45, 2.75) is 50.7 Å². The first-order chi connectivity index (χ1) is 9.33. The first kappa shape index (κ1) is 13.1. The zero-order valence-electron chi connectivity index (χ0n) is 11.8. The molecule has 1 saturated heterocycles. The minimum Gasteiger partial charge on any atom is -0.378 e. The van der Waals surface area contributed by atoms with Gasteiger partial charge < -0.3 is 10.1 Å². The van der Waals surface area contributed by atoms with E-state index in [4.69, 9.17) is 4.74 Å². The molecular formula is C17H25NO. The Kier molecular flexibility index (Phi) is 4.19. The van der Waals surface area contributed by atoms with Crippen LogP contribution in [0.4, 0.5) is 0 Å². The number of hydrogen-bond donors (Lipinski definition) is 1. The minimum absolute atomic E-state index is 0.540. The highest BCUT2D eigenvalue weighted by molar-refractivity contribution is 5.19. The summed E-state index contributed by atoms with van der Waals surface area (Å²) >= 11 is 0. The van der Waals surface area contributed by atoms with Gasteiger partial charge in [0.2, 0.25) is 0 Å². The largest absolute Gasteiger partial charge is 0.378 e. The Morgan fingerprint density at radius 2 is 2.00 bits per heavy atom. The highest BCUT2D eigenvalue weighted by atomic mass is 16.5. The summed E-state index contributed by atoms with van der Waals surface area (Å²) < 4.78 is 5.88. The molecule has 19 heavy (non-hydrogen) atoms. The molecule has 0 bridgehead atoms. The van der Waals surface area contributed by atoms with Crippen LogP contribution in [0.1, 0.15) is 44.1 Å². The summed E-state index contributed by atoms with van der Waals surface area (Å²) in [6.45, 7) is 4.32. The van der Waals surface area contributed by atoms with Crippen molar-refractivity contribution in [1.29, 1.82) is 0 Å². The summed E-state index contributed by atoms with van der Waals surface area (Å²) in [5.41, 5.74) is 1.43. The van der Waals surface area contributed by atoms with Gasteiger partial charge in [-0.25, -0.2) is 0 Å². The SMILES string of the molecule is CC(CNC1CCOC(C2CC2)C1)c1ccccc1. The molecule has 1 aromatic carbocycles. The first-order valence-electron chi connectivity index (χ1n) is 7.73. The summed E-state index contributed by atoms with van der Waals surface area (Å²) in [7, 11) is 0. The van der Waals surface area contributed by atoms with Crippen LogP contribution < -0.4 is 5.32 Å². The van der Waals surface area contributed by atoms with Crippen molar-refractivity contribution >= 4 is 0 Å². The number of benzene rings is 1. The Labute approximate surface area is 116 Å². The van der Waals surface area contributed by atoms with E-state index in [-0.39, 0.29) is 0 Å². The first-order valence-corrected chi connectivity index (χ1v) is 7.73. The summed E-state index contributed by atoms with van der Waals surface area (Å²) in [5.74, 6) is 1.46. The van der Waals surface area contributed by atoms with E-state index < -0.39 is 0 Å². The molecule has 1 N–H and O–H groups in total. The molecule has 0 amide bonds. The summed E-state index contributed by atoms with van der Waals surface area (Å²) in [6, 6.07) is 11.5. The van der Waals surface area contributed by atoms with Crippen molar-refractivity contribution in [3.63, 3.8) is 0 Å². The summed E-state index contributed by atoms with van der Waals surface area (Å²) in [6.07, 6.45) is 5.70. The topological polar surface area (TPSA) is 21.3 Å². The van der Waals surface area contributed by atoms with Crippen molar-refractivity contribution in [3.8, 4) is 0 Å². The van der Waals surface area contributed by atoms with Crippen molar-refractivity contribution in [1.82, 2.24) is 5.32 Å². The van der Waals surface area contributed by atoms with E-state index in [1.807, 2.05) is 0 Å². The van der Waals surface area contributed by atoms with Crippen LogP contribution in [0.5, 0.6) is 0 Å². The van der Waals surface area contributed by atoms with Crippen molar-refractivity contribution in [3.05, 3.63) is 35.9 Å². The number of hydrogen-bond acceptors (Lipinski definition) is 2. The molecule has 3 unspecified atom stereocenters. The smallest absolute Gasteiger partial charge is 0.0618 e. The quantitative estimate of drug-likeness (QED) is 0.875. The van der Waals surface area contributed by atoms with Crippen LogP contribution in [-0.2, 0) is 4.74 Å². The molecule has 104 valence electrons. The standard InChI is InChI=1S/C17H25NO/c1-13(14-5-3-2-4-6-14)12-18-16-9-10-19-17(11-16)15-7-8-15/h2-6,13,15-18H,7-12H2,1H3. The third kappa shape index (κ3) is 3.58. The Hall–Kier alpha value is -0.860. The van der Waals surface area contributed by atoms with Gasteiger partial charge >= 0.3 is 0 Å². The predicted octanol–water partition coefficient (Wildman–Crippen LogP) is 3.34. The molecule has 1 aliphatic heterocycles. The molecule has 0 radical (unpaired) electrons. The Morgan fingerprint density at radius 1 is 1.21 bits per heavy atom. The average Bonchev–Trinajstić information content (AvgIpc) is 3.31. The van der Waals surface area contributed by atoms with Crippen molar-refractivity contribution in [2.24, 2.45) is 5.92 Å². The van der Waals surface area contributed by atoms with Crippen molar-refractivity contribution < 1.29 is 4.74 Å². The molecule has 2 fully saturated rings. The zero-order chi connectivity index (χ0) is 13.1. The van der Waals surface area contributed by atoms with E-state index in [0.717, 1.165) is 19.1 Å². The predicted molar refractivity (Wildman–Crippen MR) is 78.3 cm³/mol. The third-order valence-electron chi connectivity index (χ3n) is 4.54. The molecule has 0 spiro atoms. The molecule has 1 heterocycles. The van der Waals surface area contributed by atoms with Gasteiger partial charge in [-0.3, -0.25) is 0 Å². The third-order valence-corrected chi connectivity index (χ3v) is 4.54. The molecule has 1 aliphatic carbocycles. The second-order valence-electron chi connectivity index (χ2n) is 6.19. The maximum atomic E-state index is 5.88. The van der Waals surface area contributed by atoms with Gasteiger partial charge in [0.05, 0.1) is 6.10 Å². The highest BCUT2D eigenvalue weighted by Gasteiger charge is 2.35. The van der Waals surface area contributed by atoms with E-state index in [9.17, 15) is 0 Å². The molecule has 3 rings (SSSR count). The van der Waals surface area contributed by atoms with Crippen LogP contribution in [0.3, 0.4) is 0 Å². The van der Waals surface area contributed by atoms with Gasteiger partial charge in [-0.05, 0) is 43.1 Å². The minimum atomic E-state index is 0.540. The second-order valence-corrected chi connectivity index (χ2v) is 6.19. The Balaban J connectivity index is 1.46. The number of nitrogens with one attached hydrogen (secondary N) is 1. The van der Waals surface area contributed by atoms with Crippen molar-refractivity contribution in [2.75, 3.05) is 13.2 Å². The maximum Gasteiger partial charge on any atom is 0.0618 e. The van der Waals surface area contributed by atoms with Crippen LogP contribution >= 0.6 is 0 Å². The normalized spacial score (nSPS) is 29.1. The van der Waals surface area contributed by atoms with E-state index in [0.29, 0.717) is 18.1 Å². The Bertz CT molecular complexity index is 388. The molecule has 2 nitrogen and oxygen atoms in total. The molecule has 1 saturated carbocycles. The van der Waals surface area contributed by atoms with Crippen LogP contribution in [0.2, 0.25) is 0 Å². The van der Waals surface area contributed by atoms with E-state index >= 15 is 0 Å². The molecule has 2 heteroatoms. The second kappa shape index (κ2) is 6.06. The van der Waals surface area contributed by atoms with Gasteiger partial charge in [-0.15, -0.1) is 0 Å². The van der Waals surface area contributed by atoms with Crippen LogP contribution in [0, 0.1) is 5.92 Å². The van der Waals surface area contributed by atoms with Gasteiger partial charge in [0.1, 0.15) is 0 Å². The highest BCUT2D eigenvalue weighted by Crippen LogP contribution is 2.38.